The van der Waals surface area contributed by atoms with Crippen LogP contribution in [-0.4, -0.2) is 28.3 Å². The number of nitrogens with zero attached hydrogens (tertiary/aromatic N) is 4. The first-order valence-corrected chi connectivity index (χ1v) is 15.2. The van der Waals surface area contributed by atoms with E-state index in [1.165, 1.54) is 21.6 Å². The summed E-state index contributed by atoms with van der Waals surface area (Å²) in [5.41, 5.74) is 9.62. The van der Waals surface area contributed by atoms with Gasteiger partial charge in [0.2, 0.25) is 0 Å². The van der Waals surface area contributed by atoms with E-state index < -0.39 is 6.98 Å². The fourth-order valence-corrected chi connectivity index (χ4v) is 6.01. The molecule has 0 atom stereocenters. The number of benzene rings is 4. The molecule has 6 rings (SSSR count). The molecule has 0 spiro atoms. The van der Waals surface area contributed by atoms with Gasteiger partial charge in [-0.15, -0.1) is 0 Å². The first-order chi connectivity index (χ1) is 21.8. The second kappa shape index (κ2) is 11.3. The summed E-state index contributed by atoms with van der Waals surface area (Å²) < 4.78 is 26.5. The molecular formula is C38H42N4O. The molecule has 0 fully saturated rings. The van der Waals surface area contributed by atoms with E-state index in [0.29, 0.717) is 23.0 Å². The minimum absolute atomic E-state index is 0.170. The number of phenols is 1. The zero-order chi connectivity index (χ0) is 32.9. The Labute approximate surface area is 260 Å². The molecule has 43 heavy (non-hydrogen) atoms. The fourth-order valence-electron chi connectivity index (χ4n) is 6.01. The summed E-state index contributed by atoms with van der Waals surface area (Å²) >= 11 is 0. The van der Waals surface area contributed by atoms with Crippen molar-refractivity contribution in [3.8, 4) is 34.1 Å². The second-order valence-corrected chi connectivity index (χ2v) is 12.4. The van der Waals surface area contributed by atoms with Crippen LogP contribution in [0.4, 0.5) is 17.1 Å². The molecule has 4 aromatic carbocycles. The molecule has 0 saturated carbocycles. The molecule has 0 saturated heterocycles. The SMILES string of the molecule is [2H]C([2H])([2H])N1CN(c2cccc(-c3cn(-c4c(C(C)C)cc(C(C)C)cc4C(C)C)c(-c4ccccc4O)n3)c2)c2ccccc21. The van der Waals surface area contributed by atoms with Gasteiger partial charge in [-0.05, 0) is 70.8 Å². The maximum Gasteiger partial charge on any atom is 0.148 e. The molecule has 0 bridgehead atoms. The highest BCUT2D eigenvalue weighted by molar-refractivity contribution is 5.83. The zero-order valence-corrected chi connectivity index (χ0v) is 25.8. The largest absolute Gasteiger partial charge is 0.507 e. The molecule has 0 radical (unpaired) electrons. The topological polar surface area (TPSA) is 44.5 Å². The Morgan fingerprint density at radius 2 is 1.44 bits per heavy atom. The van der Waals surface area contributed by atoms with Crippen LogP contribution in [0, 0.1) is 0 Å². The fraction of sp³-hybridized carbons (Fsp3) is 0.289. The molecule has 5 nitrogen and oxygen atoms in total. The highest BCUT2D eigenvalue weighted by Crippen LogP contribution is 2.42. The van der Waals surface area contributed by atoms with E-state index in [1.54, 1.807) is 6.07 Å². The highest BCUT2D eigenvalue weighted by Gasteiger charge is 2.26. The van der Waals surface area contributed by atoms with Crippen LogP contribution in [0.3, 0.4) is 0 Å². The van der Waals surface area contributed by atoms with Gasteiger partial charge in [-0.1, -0.05) is 90.1 Å². The van der Waals surface area contributed by atoms with Crippen molar-refractivity contribution >= 4 is 17.1 Å². The summed E-state index contributed by atoms with van der Waals surface area (Å²) in [6.07, 6.45) is 2.08. The molecule has 1 aliphatic rings. The number of aromatic nitrogens is 2. The average Bonchev–Trinajstić information content (AvgIpc) is 3.63. The van der Waals surface area contributed by atoms with Gasteiger partial charge in [0, 0.05) is 28.5 Å². The van der Waals surface area contributed by atoms with Gasteiger partial charge in [-0.2, -0.15) is 0 Å². The third-order valence-corrected chi connectivity index (χ3v) is 8.39. The Morgan fingerprint density at radius 1 is 0.767 bits per heavy atom. The molecule has 2 heterocycles. The van der Waals surface area contributed by atoms with Gasteiger partial charge in [0.1, 0.15) is 11.6 Å². The van der Waals surface area contributed by atoms with Crippen molar-refractivity contribution in [1.29, 1.82) is 0 Å². The summed E-state index contributed by atoms with van der Waals surface area (Å²) in [4.78, 5) is 8.69. The quantitative estimate of drug-likeness (QED) is 0.210. The van der Waals surface area contributed by atoms with Gasteiger partial charge in [0.15, 0.2) is 0 Å². The van der Waals surface area contributed by atoms with Crippen LogP contribution in [0.1, 0.15) is 80.1 Å². The number of aromatic hydroxyl groups is 1. The average molecular weight is 574 g/mol. The molecule has 220 valence electrons. The van der Waals surface area contributed by atoms with Crippen molar-refractivity contribution in [2.24, 2.45) is 0 Å². The Balaban J connectivity index is 1.54. The third kappa shape index (κ3) is 5.18. The number of imidazole rings is 1. The Bertz CT molecular complexity index is 1860. The lowest BCUT2D eigenvalue weighted by Crippen LogP contribution is -2.23. The van der Waals surface area contributed by atoms with Crippen molar-refractivity contribution in [3.63, 3.8) is 0 Å². The van der Waals surface area contributed by atoms with Crippen molar-refractivity contribution in [2.45, 2.75) is 59.3 Å². The lowest BCUT2D eigenvalue weighted by molar-refractivity contribution is 0.477. The smallest absolute Gasteiger partial charge is 0.148 e. The first kappa shape index (κ1) is 25.0. The monoisotopic (exact) mass is 573 g/mol. The van der Waals surface area contributed by atoms with E-state index in [9.17, 15) is 5.11 Å². The summed E-state index contributed by atoms with van der Waals surface area (Å²) in [6, 6.07) is 27.7. The number of para-hydroxylation sites is 3. The number of anilines is 3. The molecular weight excluding hydrogens is 528 g/mol. The van der Waals surface area contributed by atoms with E-state index in [-0.39, 0.29) is 24.3 Å². The van der Waals surface area contributed by atoms with Crippen LogP contribution in [0.5, 0.6) is 5.75 Å². The van der Waals surface area contributed by atoms with Gasteiger partial charge in [0.25, 0.3) is 0 Å². The maximum absolute atomic E-state index is 11.0. The summed E-state index contributed by atoms with van der Waals surface area (Å²) in [5.74, 6) is 1.74. The summed E-state index contributed by atoms with van der Waals surface area (Å²) in [6.45, 7) is 11.3. The van der Waals surface area contributed by atoms with Gasteiger partial charge in [0.05, 0.1) is 35.0 Å². The van der Waals surface area contributed by atoms with E-state index >= 15 is 0 Å². The van der Waals surface area contributed by atoms with Crippen LogP contribution >= 0.6 is 0 Å². The van der Waals surface area contributed by atoms with Crippen LogP contribution in [0.2, 0.25) is 0 Å². The molecule has 1 N–H and O–H groups in total. The molecule has 1 aliphatic heterocycles. The Hall–Kier alpha value is -4.51. The number of fused-ring (bicyclic) bond motifs is 1. The van der Waals surface area contributed by atoms with Crippen molar-refractivity contribution < 1.29 is 9.22 Å². The normalized spacial score (nSPS) is 14.4. The van der Waals surface area contributed by atoms with Gasteiger partial charge in [-0.3, -0.25) is 4.57 Å². The number of hydrogen-bond acceptors (Lipinski definition) is 4. The second-order valence-electron chi connectivity index (χ2n) is 12.4. The van der Waals surface area contributed by atoms with Crippen molar-refractivity contribution in [1.82, 2.24) is 9.55 Å². The maximum atomic E-state index is 11.0. The van der Waals surface area contributed by atoms with Gasteiger partial charge < -0.3 is 14.9 Å². The van der Waals surface area contributed by atoms with Crippen molar-refractivity contribution in [3.05, 3.63) is 108 Å². The van der Waals surface area contributed by atoms with Gasteiger partial charge >= 0.3 is 0 Å². The minimum atomic E-state index is -2.26. The van der Waals surface area contributed by atoms with Crippen LogP contribution in [0.15, 0.2) is 91.1 Å². The lowest BCUT2D eigenvalue weighted by atomic mass is 9.87. The van der Waals surface area contributed by atoms with E-state index in [2.05, 4.69) is 70.5 Å². The number of hydrogen-bond donors (Lipinski definition) is 1. The highest BCUT2D eigenvalue weighted by atomic mass is 16.3. The van der Waals surface area contributed by atoms with E-state index in [0.717, 1.165) is 28.3 Å². The Morgan fingerprint density at radius 3 is 2.09 bits per heavy atom. The zero-order valence-electron chi connectivity index (χ0n) is 28.8. The number of phenolic OH excluding ortho intramolecular Hbond substituents is 1. The molecule has 5 aromatic rings. The van der Waals surface area contributed by atoms with Crippen LogP contribution in [0.25, 0.3) is 28.3 Å². The first-order valence-electron chi connectivity index (χ1n) is 16.7. The predicted molar refractivity (Wildman–Crippen MR) is 180 cm³/mol. The summed E-state index contributed by atoms with van der Waals surface area (Å²) in [7, 11) is 0. The molecule has 1 aromatic heterocycles. The molecule has 5 heteroatoms. The van der Waals surface area contributed by atoms with Crippen LogP contribution in [-0.2, 0) is 0 Å². The molecule has 0 aliphatic carbocycles. The molecule has 0 amide bonds. The number of rotatable bonds is 7. The lowest BCUT2D eigenvalue weighted by Gasteiger charge is -2.24. The van der Waals surface area contributed by atoms with E-state index in [1.807, 2.05) is 65.6 Å². The summed E-state index contributed by atoms with van der Waals surface area (Å²) in [5, 5.41) is 11.0. The predicted octanol–water partition coefficient (Wildman–Crippen LogP) is 9.83. The van der Waals surface area contributed by atoms with E-state index in [4.69, 9.17) is 9.10 Å². The molecule has 0 unspecified atom stereocenters. The third-order valence-electron chi connectivity index (χ3n) is 8.39. The van der Waals surface area contributed by atoms with Crippen molar-refractivity contribution in [2.75, 3.05) is 23.4 Å². The standard InChI is InChI=1S/C38H42N4O/c1-24(2)28-20-31(25(3)4)37(32(21-28)26(5)6)41-22-33(39-38(41)30-15-8-11-18-36(30)43)27-13-12-14-29(19-27)42-23-40(7)34-16-9-10-17-35(34)42/h8-22,24-26,43H,23H2,1-7H3/i7D3. The minimum Gasteiger partial charge on any atom is -0.507 e. The van der Waals surface area contributed by atoms with Crippen LogP contribution < -0.4 is 9.80 Å². The Kier molecular flexibility index (Phi) is 6.57. The van der Waals surface area contributed by atoms with Gasteiger partial charge in [-0.25, -0.2) is 4.98 Å².